The summed E-state index contributed by atoms with van der Waals surface area (Å²) in [4.78, 5) is 16.0. The third-order valence-corrected chi connectivity index (χ3v) is 3.68. The van der Waals surface area contributed by atoms with Crippen LogP contribution in [0.3, 0.4) is 0 Å². The second-order valence-corrected chi connectivity index (χ2v) is 5.21. The highest BCUT2D eigenvalue weighted by atomic mass is 16.3. The monoisotopic (exact) mass is 281 g/mol. The first kappa shape index (κ1) is 13.3. The van der Waals surface area contributed by atoms with Crippen molar-refractivity contribution in [1.82, 2.24) is 4.90 Å². The second-order valence-electron chi connectivity index (χ2n) is 5.21. The van der Waals surface area contributed by atoms with Crippen LogP contribution in [0.1, 0.15) is 27.7 Å². The predicted molar refractivity (Wildman–Crippen MR) is 77.7 cm³/mol. The molecule has 0 saturated carbocycles. The Kier molecular flexibility index (Phi) is 3.15. The normalized spacial score (nSPS) is 16.7. The number of hydrogen-bond acceptors (Lipinski definition) is 4. The first-order valence-corrected chi connectivity index (χ1v) is 6.66. The molecular weight excluding hydrogens is 266 g/mol. The lowest BCUT2D eigenvalue weighted by Crippen LogP contribution is -2.26. The average molecular weight is 281 g/mol. The first-order valence-electron chi connectivity index (χ1n) is 6.66. The number of carbonyl (C=O) groups excluding carboxylic acids is 1. The number of fused-ring (bicyclic) bond motifs is 1. The van der Waals surface area contributed by atoms with Crippen molar-refractivity contribution < 1.29 is 9.21 Å². The Balaban J connectivity index is 1.99. The Morgan fingerprint density at radius 2 is 2.19 bits per heavy atom. The molecule has 1 aliphatic heterocycles. The van der Waals surface area contributed by atoms with Crippen LogP contribution in [-0.2, 0) is 6.54 Å². The van der Waals surface area contributed by atoms with Gasteiger partial charge in [0.1, 0.15) is 11.8 Å². The lowest BCUT2D eigenvalue weighted by Gasteiger charge is -2.19. The predicted octanol–water partition coefficient (Wildman–Crippen LogP) is 2.57. The maximum atomic E-state index is 12.5. The van der Waals surface area contributed by atoms with Crippen molar-refractivity contribution in [2.45, 2.75) is 12.6 Å². The molecule has 0 N–H and O–H groups in total. The molecule has 1 atom stereocenters. The molecule has 1 aromatic carbocycles. The maximum absolute atomic E-state index is 12.5. The summed E-state index contributed by atoms with van der Waals surface area (Å²) in [6.07, 6.45) is 1.56. The number of furan rings is 1. The Hall–Kier alpha value is -2.74. The van der Waals surface area contributed by atoms with Gasteiger partial charge in [0.2, 0.25) is 0 Å². The number of hydrogen-bond donors (Lipinski definition) is 0. The third-order valence-electron chi connectivity index (χ3n) is 3.68. The minimum Gasteiger partial charge on any atom is -0.467 e. The Morgan fingerprint density at radius 1 is 1.38 bits per heavy atom. The van der Waals surface area contributed by atoms with Gasteiger partial charge in [-0.2, -0.15) is 5.26 Å². The zero-order valence-electron chi connectivity index (χ0n) is 11.9. The summed E-state index contributed by atoms with van der Waals surface area (Å²) in [5.74, 6) is 0.544. The van der Waals surface area contributed by atoms with E-state index < -0.39 is 6.04 Å². The smallest absolute Gasteiger partial charge is 0.256 e. The van der Waals surface area contributed by atoms with Gasteiger partial charge in [-0.25, -0.2) is 0 Å². The fourth-order valence-electron chi connectivity index (χ4n) is 2.56. The van der Waals surface area contributed by atoms with E-state index in [9.17, 15) is 10.1 Å². The third kappa shape index (κ3) is 2.15. The molecule has 2 heterocycles. The van der Waals surface area contributed by atoms with Crippen molar-refractivity contribution in [1.29, 1.82) is 5.26 Å². The van der Waals surface area contributed by atoms with Crippen molar-refractivity contribution >= 4 is 11.6 Å². The largest absolute Gasteiger partial charge is 0.467 e. The molecule has 1 unspecified atom stereocenters. The van der Waals surface area contributed by atoms with Crippen LogP contribution in [0.25, 0.3) is 0 Å². The molecule has 106 valence electrons. The number of benzene rings is 1. The summed E-state index contributed by atoms with van der Waals surface area (Å²) in [5, 5.41) is 9.47. The van der Waals surface area contributed by atoms with Crippen molar-refractivity contribution in [3.05, 3.63) is 53.5 Å². The molecule has 0 spiro atoms. The Bertz CT molecular complexity index is 714. The molecule has 2 aromatic rings. The van der Waals surface area contributed by atoms with Crippen LogP contribution in [0, 0.1) is 11.3 Å². The summed E-state index contributed by atoms with van der Waals surface area (Å²) >= 11 is 0. The van der Waals surface area contributed by atoms with Gasteiger partial charge < -0.3 is 14.2 Å². The van der Waals surface area contributed by atoms with E-state index in [1.54, 1.807) is 29.4 Å². The maximum Gasteiger partial charge on any atom is 0.256 e. The number of nitriles is 1. The van der Waals surface area contributed by atoms with E-state index in [1.165, 1.54) is 0 Å². The van der Waals surface area contributed by atoms with Gasteiger partial charge in [-0.1, -0.05) is 0 Å². The minimum absolute atomic E-state index is 0.127. The van der Waals surface area contributed by atoms with E-state index >= 15 is 0 Å². The van der Waals surface area contributed by atoms with E-state index in [2.05, 4.69) is 6.07 Å². The zero-order chi connectivity index (χ0) is 15.0. The fourth-order valence-corrected chi connectivity index (χ4v) is 2.56. The molecule has 0 aliphatic carbocycles. The van der Waals surface area contributed by atoms with Crippen LogP contribution in [0.4, 0.5) is 5.69 Å². The molecular formula is C16H15N3O2. The summed E-state index contributed by atoms with van der Waals surface area (Å²) in [5.41, 5.74) is 2.33. The molecule has 1 amide bonds. The van der Waals surface area contributed by atoms with Gasteiger partial charge in [0, 0.05) is 30.9 Å². The van der Waals surface area contributed by atoms with Gasteiger partial charge >= 0.3 is 0 Å². The first-order chi connectivity index (χ1) is 10.1. The molecule has 0 radical (unpaired) electrons. The van der Waals surface area contributed by atoms with E-state index in [-0.39, 0.29) is 5.91 Å². The molecule has 3 rings (SSSR count). The summed E-state index contributed by atoms with van der Waals surface area (Å²) in [6.45, 7) is 0.302. The molecule has 5 heteroatoms. The molecule has 1 aromatic heterocycles. The van der Waals surface area contributed by atoms with Crippen LogP contribution in [0.2, 0.25) is 0 Å². The van der Waals surface area contributed by atoms with Gasteiger partial charge in [0.05, 0.1) is 18.9 Å². The number of anilines is 1. The number of amides is 1. The standard InChI is InChI=1S/C16H15N3O2/c1-18(2)11-5-6-13-14(8-11)15(9-17)19(16(13)20)10-12-4-3-7-21-12/h3-8,15H,10H2,1-2H3. The van der Waals surface area contributed by atoms with Crippen molar-refractivity contribution in [3.63, 3.8) is 0 Å². The van der Waals surface area contributed by atoms with Gasteiger partial charge in [-0.15, -0.1) is 0 Å². The zero-order valence-corrected chi connectivity index (χ0v) is 11.9. The highest BCUT2D eigenvalue weighted by Crippen LogP contribution is 2.36. The highest BCUT2D eigenvalue weighted by Gasteiger charge is 2.37. The van der Waals surface area contributed by atoms with Crippen molar-refractivity contribution in [3.8, 4) is 6.07 Å². The van der Waals surface area contributed by atoms with E-state index in [0.29, 0.717) is 17.9 Å². The molecule has 0 fully saturated rings. The molecule has 5 nitrogen and oxygen atoms in total. The number of carbonyl (C=O) groups is 1. The molecule has 0 saturated heterocycles. The molecule has 0 bridgehead atoms. The Labute approximate surface area is 123 Å². The SMILES string of the molecule is CN(C)c1ccc2c(c1)C(C#N)N(Cc1ccco1)C2=O. The van der Waals surface area contributed by atoms with Gasteiger partial charge in [-0.3, -0.25) is 4.79 Å². The second kappa shape index (κ2) is 4.98. The highest BCUT2D eigenvalue weighted by molar-refractivity contribution is 6.00. The quantitative estimate of drug-likeness (QED) is 0.867. The minimum atomic E-state index is -0.572. The van der Waals surface area contributed by atoms with Crippen molar-refractivity contribution in [2.24, 2.45) is 0 Å². The van der Waals surface area contributed by atoms with E-state index in [1.807, 2.05) is 31.1 Å². The summed E-state index contributed by atoms with van der Waals surface area (Å²) in [6, 6.07) is 10.8. The topological polar surface area (TPSA) is 60.5 Å². The van der Waals surface area contributed by atoms with Crippen LogP contribution in [-0.4, -0.2) is 24.9 Å². The van der Waals surface area contributed by atoms with Gasteiger partial charge in [-0.05, 0) is 30.3 Å². The van der Waals surface area contributed by atoms with Crippen LogP contribution < -0.4 is 4.90 Å². The average Bonchev–Trinajstić information content (AvgIpc) is 3.07. The number of nitrogens with zero attached hydrogens (tertiary/aromatic N) is 3. The Morgan fingerprint density at radius 3 is 2.81 bits per heavy atom. The summed E-state index contributed by atoms with van der Waals surface area (Å²) < 4.78 is 5.29. The van der Waals surface area contributed by atoms with Crippen LogP contribution in [0.5, 0.6) is 0 Å². The lowest BCUT2D eigenvalue weighted by atomic mass is 10.0. The lowest BCUT2D eigenvalue weighted by molar-refractivity contribution is 0.0732. The van der Waals surface area contributed by atoms with Crippen LogP contribution >= 0.6 is 0 Å². The van der Waals surface area contributed by atoms with Crippen LogP contribution in [0.15, 0.2) is 41.0 Å². The molecule has 1 aliphatic rings. The van der Waals surface area contributed by atoms with Gasteiger partial charge in [0.25, 0.3) is 5.91 Å². The fraction of sp³-hybridized carbons (Fsp3) is 0.250. The summed E-state index contributed by atoms with van der Waals surface area (Å²) in [7, 11) is 3.86. The number of rotatable bonds is 3. The molecule has 21 heavy (non-hydrogen) atoms. The van der Waals surface area contributed by atoms with Crippen molar-refractivity contribution in [2.75, 3.05) is 19.0 Å². The van der Waals surface area contributed by atoms with E-state index in [0.717, 1.165) is 11.3 Å². The van der Waals surface area contributed by atoms with Gasteiger partial charge in [0.15, 0.2) is 0 Å². The van der Waals surface area contributed by atoms with E-state index in [4.69, 9.17) is 4.42 Å².